The van der Waals surface area contributed by atoms with Gasteiger partial charge in [0.05, 0.1) is 30.1 Å². The number of carbonyl (C=O) groups is 2. The predicted molar refractivity (Wildman–Crippen MR) is 99.5 cm³/mol. The number of urea groups is 1. The Morgan fingerprint density at radius 1 is 1.18 bits per heavy atom. The molecular formula is C17H29N3O7S. The summed E-state index contributed by atoms with van der Waals surface area (Å²) in [6.07, 6.45) is -1.17. The van der Waals surface area contributed by atoms with E-state index in [1.807, 2.05) is 6.92 Å². The molecule has 0 aliphatic carbocycles. The Labute approximate surface area is 164 Å². The van der Waals surface area contributed by atoms with Crippen molar-refractivity contribution in [3.8, 4) is 0 Å². The van der Waals surface area contributed by atoms with E-state index in [1.54, 1.807) is 4.90 Å². The Morgan fingerprint density at radius 2 is 1.89 bits per heavy atom. The standard InChI is InChI=1S/C17H29N3O7S/c1-2-3-18-17(23)19-10-13-15(22)16-12(27-13)8-11(26-16)9-14(21)20-4-6-28(24,25)7-5-20/h11-13,15-16,22H,2-10H2,1H3,(H2,18,19,23)/t11-,12+,13+,15+,16-/m0/s1. The molecular weight excluding hydrogens is 390 g/mol. The Bertz CT molecular complexity index is 672. The number of sulfone groups is 1. The number of aliphatic hydroxyl groups excluding tert-OH is 1. The highest BCUT2D eigenvalue weighted by atomic mass is 32.2. The fraction of sp³-hybridized carbons (Fsp3) is 0.882. The summed E-state index contributed by atoms with van der Waals surface area (Å²) in [7, 11) is -3.03. The fourth-order valence-corrected chi connectivity index (χ4v) is 4.99. The second-order valence-electron chi connectivity index (χ2n) is 7.54. The van der Waals surface area contributed by atoms with Gasteiger partial charge in [0.2, 0.25) is 5.91 Å². The van der Waals surface area contributed by atoms with Crippen molar-refractivity contribution in [2.24, 2.45) is 0 Å². The smallest absolute Gasteiger partial charge is 0.314 e. The molecule has 3 aliphatic heterocycles. The minimum Gasteiger partial charge on any atom is -0.388 e. The average Bonchev–Trinajstić information content (AvgIpc) is 3.16. The van der Waals surface area contributed by atoms with E-state index in [4.69, 9.17) is 9.47 Å². The summed E-state index contributed by atoms with van der Waals surface area (Å²) in [6.45, 7) is 3.14. The molecule has 0 aromatic heterocycles. The summed E-state index contributed by atoms with van der Waals surface area (Å²) in [5, 5.41) is 15.8. The molecule has 3 fully saturated rings. The largest absolute Gasteiger partial charge is 0.388 e. The van der Waals surface area contributed by atoms with Gasteiger partial charge in [-0.3, -0.25) is 4.79 Å². The SMILES string of the molecule is CCCNC(=O)NC[C@H]1O[C@@H]2C[C@@H](CC(=O)N3CCS(=O)(=O)CC3)O[C@@H]2[C@@H]1O. The van der Waals surface area contributed by atoms with E-state index in [2.05, 4.69) is 10.6 Å². The highest BCUT2D eigenvalue weighted by molar-refractivity contribution is 7.91. The molecule has 3 amide bonds. The van der Waals surface area contributed by atoms with E-state index >= 15 is 0 Å². The normalized spacial score (nSPS) is 34.1. The van der Waals surface area contributed by atoms with Crippen molar-refractivity contribution in [2.45, 2.75) is 56.7 Å². The summed E-state index contributed by atoms with van der Waals surface area (Å²) in [4.78, 5) is 25.5. The van der Waals surface area contributed by atoms with Crippen molar-refractivity contribution in [1.82, 2.24) is 15.5 Å². The van der Waals surface area contributed by atoms with Crippen LogP contribution in [-0.4, -0.2) is 98.6 Å². The summed E-state index contributed by atoms with van der Waals surface area (Å²) >= 11 is 0. The quantitative estimate of drug-likeness (QED) is 0.483. The maximum atomic E-state index is 12.4. The van der Waals surface area contributed by atoms with Gasteiger partial charge in [0.25, 0.3) is 0 Å². The molecule has 0 aromatic carbocycles. The monoisotopic (exact) mass is 419 g/mol. The molecule has 0 spiro atoms. The first kappa shape index (κ1) is 21.3. The molecule has 28 heavy (non-hydrogen) atoms. The second-order valence-corrected chi connectivity index (χ2v) is 9.84. The van der Waals surface area contributed by atoms with Gasteiger partial charge in [0.1, 0.15) is 18.3 Å². The highest BCUT2D eigenvalue weighted by Crippen LogP contribution is 2.35. The molecule has 3 aliphatic rings. The van der Waals surface area contributed by atoms with Gasteiger partial charge < -0.3 is 30.1 Å². The summed E-state index contributed by atoms with van der Waals surface area (Å²) in [6, 6.07) is -0.303. The third-order valence-electron chi connectivity index (χ3n) is 5.38. The molecule has 5 atom stereocenters. The molecule has 0 bridgehead atoms. The lowest BCUT2D eigenvalue weighted by Crippen LogP contribution is -2.45. The minimum atomic E-state index is -3.03. The molecule has 3 heterocycles. The summed E-state index contributed by atoms with van der Waals surface area (Å²) in [5.74, 6) is -0.143. The van der Waals surface area contributed by atoms with Crippen LogP contribution in [0.5, 0.6) is 0 Å². The molecule has 10 nitrogen and oxygen atoms in total. The van der Waals surface area contributed by atoms with Crippen LogP contribution in [0.1, 0.15) is 26.2 Å². The maximum Gasteiger partial charge on any atom is 0.314 e. The topological polar surface area (TPSA) is 134 Å². The summed E-state index contributed by atoms with van der Waals surface area (Å²) in [5.41, 5.74) is 0. The average molecular weight is 420 g/mol. The van der Waals surface area contributed by atoms with E-state index in [9.17, 15) is 23.1 Å². The molecule has 0 radical (unpaired) electrons. The number of hydrogen-bond acceptors (Lipinski definition) is 7. The Morgan fingerprint density at radius 3 is 2.54 bits per heavy atom. The van der Waals surface area contributed by atoms with Crippen LogP contribution in [0, 0.1) is 0 Å². The zero-order chi connectivity index (χ0) is 20.3. The number of ether oxygens (including phenoxy) is 2. The van der Waals surface area contributed by atoms with E-state index in [-0.39, 0.29) is 61.7 Å². The van der Waals surface area contributed by atoms with Gasteiger partial charge in [-0.25, -0.2) is 13.2 Å². The second kappa shape index (κ2) is 8.93. The Kier molecular flexibility index (Phi) is 6.79. The van der Waals surface area contributed by atoms with Crippen LogP contribution in [-0.2, 0) is 24.1 Å². The van der Waals surface area contributed by atoms with Gasteiger partial charge in [-0.2, -0.15) is 0 Å². The number of amides is 3. The van der Waals surface area contributed by atoms with E-state index < -0.39 is 28.1 Å². The number of fused-ring (bicyclic) bond motifs is 1. The van der Waals surface area contributed by atoms with Crippen LogP contribution in [0.2, 0.25) is 0 Å². The number of aliphatic hydroxyl groups is 1. The van der Waals surface area contributed by atoms with Crippen molar-refractivity contribution in [1.29, 1.82) is 0 Å². The molecule has 160 valence electrons. The van der Waals surface area contributed by atoms with Crippen LogP contribution in [0.4, 0.5) is 4.79 Å². The first-order chi connectivity index (χ1) is 13.3. The highest BCUT2D eigenvalue weighted by Gasteiger charge is 2.50. The van der Waals surface area contributed by atoms with Crippen LogP contribution < -0.4 is 10.6 Å². The number of nitrogens with zero attached hydrogens (tertiary/aromatic N) is 1. The van der Waals surface area contributed by atoms with Gasteiger partial charge >= 0.3 is 6.03 Å². The minimum absolute atomic E-state index is 0.00213. The zero-order valence-corrected chi connectivity index (χ0v) is 16.8. The molecule has 3 rings (SSSR count). The maximum absolute atomic E-state index is 12.4. The lowest BCUT2D eigenvalue weighted by atomic mass is 10.1. The molecule has 3 saturated heterocycles. The van der Waals surface area contributed by atoms with E-state index in [0.29, 0.717) is 13.0 Å². The number of nitrogens with one attached hydrogen (secondary N) is 2. The van der Waals surface area contributed by atoms with Crippen molar-refractivity contribution >= 4 is 21.8 Å². The zero-order valence-electron chi connectivity index (χ0n) is 16.0. The van der Waals surface area contributed by atoms with Crippen molar-refractivity contribution < 1.29 is 32.6 Å². The Balaban J connectivity index is 1.42. The van der Waals surface area contributed by atoms with Crippen molar-refractivity contribution in [3.05, 3.63) is 0 Å². The molecule has 0 aromatic rings. The first-order valence-electron chi connectivity index (χ1n) is 9.78. The molecule has 0 unspecified atom stereocenters. The van der Waals surface area contributed by atoms with Gasteiger partial charge in [-0.15, -0.1) is 0 Å². The van der Waals surface area contributed by atoms with Gasteiger partial charge in [-0.1, -0.05) is 6.92 Å². The Hall–Kier alpha value is -1.43. The van der Waals surface area contributed by atoms with Gasteiger partial charge in [0.15, 0.2) is 9.84 Å². The molecule has 11 heteroatoms. The number of rotatable bonds is 6. The van der Waals surface area contributed by atoms with Gasteiger partial charge in [-0.05, 0) is 6.42 Å². The number of carbonyl (C=O) groups excluding carboxylic acids is 2. The number of hydrogen-bond donors (Lipinski definition) is 3. The van der Waals surface area contributed by atoms with Gasteiger partial charge in [0, 0.05) is 32.6 Å². The van der Waals surface area contributed by atoms with Crippen LogP contribution in [0.25, 0.3) is 0 Å². The van der Waals surface area contributed by atoms with Crippen molar-refractivity contribution in [2.75, 3.05) is 37.7 Å². The first-order valence-corrected chi connectivity index (χ1v) is 11.6. The third kappa shape index (κ3) is 5.13. The van der Waals surface area contributed by atoms with E-state index in [1.165, 1.54) is 0 Å². The van der Waals surface area contributed by atoms with Crippen LogP contribution >= 0.6 is 0 Å². The van der Waals surface area contributed by atoms with Crippen LogP contribution in [0.15, 0.2) is 0 Å². The molecule has 0 saturated carbocycles. The lowest BCUT2D eigenvalue weighted by molar-refractivity contribution is -0.134. The molecule has 3 N–H and O–H groups in total. The predicted octanol–water partition coefficient (Wildman–Crippen LogP) is -1.37. The fourth-order valence-electron chi connectivity index (χ4n) is 3.79. The van der Waals surface area contributed by atoms with Crippen LogP contribution in [0.3, 0.4) is 0 Å². The van der Waals surface area contributed by atoms with Crippen molar-refractivity contribution in [3.63, 3.8) is 0 Å². The summed E-state index contributed by atoms with van der Waals surface area (Å²) < 4.78 is 34.6. The third-order valence-corrected chi connectivity index (χ3v) is 6.99. The van der Waals surface area contributed by atoms with E-state index in [0.717, 1.165) is 6.42 Å². The lowest BCUT2D eigenvalue weighted by Gasteiger charge is -2.28.